The van der Waals surface area contributed by atoms with Gasteiger partial charge in [0.25, 0.3) is 0 Å². The number of carbonyl (C=O) groups excluding carboxylic acids is 2. The number of carbonyl (C=O) groups is 2. The summed E-state index contributed by atoms with van der Waals surface area (Å²) in [5, 5.41) is 6.46. The third kappa shape index (κ3) is 4.47. The van der Waals surface area contributed by atoms with Crippen LogP contribution in [0.15, 0.2) is 10.6 Å². The number of aromatic nitrogens is 1. The van der Waals surface area contributed by atoms with Crippen LogP contribution in [-0.4, -0.2) is 40.7 Å². The van der Waals surface area contributed by atoms with E-state index in [1.165, 1.54) is 0 Å². The van der Waals surface area contributed by atoms with Gasteiger partial charge in [-0.25, -0.2) is 4.79 Å². The van der Waals surface area contributed by atoms with Crippen LogP contribution in [0.1, 0.15) is 39.4 Å². The predicted molar refractivity (Wildman–Crippen MR) is 80.4 cm³/mol. The van der Waals surface area contributed by atoms with Gasteiger partial charge in [-0.1, -0.05) is 5.16 Å². The molecule has 1 unspecified atom stereocenters. The molecule has 7 nitrogen and oxygen atoms in total. The van der Waals surface area contributed by atoms with Crippen molar-refractivity contribution in [1.29, 1.82) is 0 Å². The molecule has 22 heavy (non-hydrogen) atoms. The molecule has 2 rings (SSSR count). The van der Waals surface area contributed by atoms with E-state index >= 15 is 0 Å². The van der Waals surface area contributed by atoms with Crippen molar-refractivity contribution in [3.8, 4) is 0 Å². The van der Waals surface area contributed by atoms with Crippen molar-refractivity contribution < 1.29 is 18.8 Å². The van der Waals surface area contributed by atoms with Gasteiger partial charge in [0.15, 0.2) is 5.82 Å². The first kappa shape index (κ1) is 16.3. The normalized spacial score (nSPS) is 18.9. The summed E-state index contributed by atoms with van der Waals surface area (Å²) in [6.45, 7) is 8.21. The highest BCUT2D eigenvalue weighted by atomic mass is 16.6. The fourth-order valence-electron chi connectivity index (χ4n) is 2.34. The van der Waals surface area contributed by atoms with Gasteiger partial charge in [-0.3, -0.25) is 4.79 Å². The second-order valence-corrected chi connectivity index (χ2v) is 6.58. The maximum Gasteiger partial charge on any atom is 0.410 e. The van der Waals surface area contributed by atoms with Crippen molar-refractivity contribution in [1.82, 2.24) is 10.1 Å². The van der Waals surface area contributed by atoms with Gasteiger partial charge in [0.2, 0.25) is 5.91 Å². The first-order chi connectivity index (χ1) is 10.2. The van der Waals surface area contributed by atoms with Crippen LogP contribution in [0.2, 0.25) is 0 Å². The second kappa shape index (κ2) is 6.37. The highest BCUT2D eigenvalue weighted by Gasteiger charge is 2.31. The average molecular weight is 309 g/mol. The highest BCUT2D eigenvalue weighted by molar-refractivity contribution is 5.92. The number of ether oxygens (including phenoxy) is 1. The third-order valence-corrected chi connectivity index (χ3v) is 3.32. The number of piperidine rings is 1. The lowest BCUT2D eigenvalue weighted by Crippen LogP contribution is -2.45. The molecule has 1 saturated heterocycles. The summed E-state index contributed by atoms with van der Waals surface area (Å²) < 4.78 is 10.3. The molecule has 2 heterocycles. The van der Waals surface area contributed by atoms with Crippen LogP contribution in [0, 0.1) is 12.8 Å². The Morgan fingerprint density at radius 2 is 2.18 bits per heavy atom. The minimum absolute atomic E-state index is 0.151. The van der Waals surface area contributed by atoms with Gasteiger partial charge in [-0.05, 0) is 40.5 Å². The molecule has 1 aromatic rings. The molecule has 1 aliphatic rings. The van der Waals surface area contributed by atoms with E-state index in [0.29, 0.717) is 24.7 Å². The molecule has 0 aliphatic carbocycles. The first-order valence-electron chi connectivity index (χ1n) is 7.47. The Hall–Kier alpha value is -2.05. The van der Waals surface area contributed by atoms with Crippen molar-refractivity contribution in [2.45, 2.75) is 46.1 Å². The molecule has 2 amide bonds. The molecular weight excluding hydrogens is 286 g/mol. The van der Waals surface area contributed by atoms with Crippen LogP contribution in [0.25, 0.3) is 0 Å². The lowest BCUT2D eigenvalue weighted by molar-refractivity contribution is -0.121. The molecule has 122 valence electrons. The summed E-state index contributed by atoms with van der Waals surface area (Å²) in [6.07, 6.45) is 1.14. The number of nitrogens with zero attached hydrogens (tertiary/aromatic N) is 2. The number of nitrogens with one attached hydrogen (secondary N) is 1. The summed E-state index contributed by atoms with van der Waals surface area (Å²) >= 11 is 0. The second-order valence-electron chi connectivity index (χ2n) is 6.58. The monoisotopic (exact) mass is 309 g/mol. The molecule has 0 spiro atoms. The number of hydrogen-bond donors (Lipinski definition) is 1. The number of likely N-dealkylation sites (tertiary alicyclic amines) is 1. The number of anilines is 1. The van der Waals surface area contributed by atoms with Crippen molar-refractivity contribution in [2.75, 3.05) is 18.4 Å². The van der Waals surface area contributed by atoms with Gasteiger partial charge < -0.3 is 19.5 Å². The van der Waals surface area contributed by atoms with E-state index in [4.69, 9.17) is 9.26 Å². The summed E-state index contributed by atoms with van der Waals surface area (Å²) in [5.41, 5.74) is -0.537. The van der Waals surface area contributed by atoms with Gasteiger partial charge in [0.1, 0.15) is 11.4 Å². The van der Waals surface area contributed by atoms with Gasteiger partial charge in [-0.15, -0.1) is 0 Å². The Morgan fingerprint density at radius 1 is 1.45 bits per heavy atom. The summed E-state index contributed by atoms with van der Waals surface area (Å²) in [4.78, 5) is 25.9. The molecule has 0 saturated carbocycles. The number of hydrogen-bond acceptors (Lipinski definition) is 5. The maximum absolute atomic E-state index is 12.3. The quantitative estimate of drug-likeness (QED) is 0.907. The summed E-state index contributed by atoms with van der Waals surface area (Å²) in [5.74, 6) is 0.617. The van der Waals surface area contributed by atoms with Gasteiger partial charge in [-0.2, -0.15) is 0 Å². The molecule has 7 heteroatoms. The standard InChI is InChI=1S/C15H23N3O4/c1-10-8-12(17-22-10)16-13(19)11-6-5-7-18(9-11)14(20)21-15(2,3)4/h8,11H,5-7,9H2,1-4H3,(H,16,17,19). The molecule has 0 bridgehead atoms. The van der Waals surface area contributed by atoms with E-state index in [9.17, 15) is 9.59 Å². The molecule has 0 aromatic carbocycles. The average Bonchev–Trinajstić information content (AvgIpc) is 2.82. The van der Waals surface area contributed by atoms with Crippen LogP contribution in [-0.2, 0) is 9.53 Å². The molecular formula is C15H23N3O4. The highest BCUT2D eigenvalue weighted by Crippen LogP contribution is 2.21. The Balaban J connectivity index is 1.92. The number of rotatable bonds is 2. The molecule has 1 fully saturated rings. The van der Waals surface area contributed by atoms with E-state index in [-0.39, 0.29) is 17.9 Å². The summed E-state index contributed by atoms with van der Waals surface area (Å²) in [7, 11) is 0. The Morgan fingerprint density at radius 3 is 2.77 bits per heavy atom. The Kier molecular flexibility index (Phi) is 4.73. The molecule has 0 radical (unpaired) electrons. The van der Waals surface area contributed by atoms with Gasteiger partial charge in [0, 0.05) is 19.2 Å². The van der Waals surface area contributed by atoms with Crippen LogP contribution >= 0.6 is 0 Å². The van der Waals surface area contributed by atoms with E-state index < -0.39 is 5.60 Å². The molecule has 1 atom stereocenters. The Bertz CT molecular complexity index is 547. The van der Waals surface area contributed by atoms with Gasteiger partial charge >= 0.3 is 6.09 Å². The van der Waals surface area contributed by atoms with E-state index in [2.05, 4.69) is 10.5 Å². The van der Waals surface area contributed by atoms with Crippen molar-refractivity contribution >= 4 is 17.8 Å². The number of amides is 2. The topological polar surface area (TPSA) is 84.7 Å². The van der Waals surface area contributed by atoms with E-state index in [1.807, 2.05) is 20.8 Å². The zero-order valence-corrected chi connectivity index (χ0v) is 13.5. The molecule has 1 aromatic heterocycles. The molecule has 1 aliphatic heterocycles. The lowest BCUT2D eigenvalue weighted by atomic mass is 9.97. The van der Waals surface area contributed by atoms with Crippen molar-refractivity contribution in [2.24, 2.45) is 5.92 Å². The fraction of sp³-hybridized carbons (Fsp3) is 0.667. The SMILES string of the molecule is Cc1cc(NC(=O)C2CCCN(C(=O)OC(C)(C)C)C2)no1. The van der Waals surface area contributed by atoms with Crippen LogP contribution < -0.4 is 5.32 Å². The zero-order valence-electron chi connectivity index (χ0n) is 13.5. The summed E-state index contributed by atoms with van der Waals surface area (Å²) in [6, 6.07) is 1.66. The minimum atomic E-state index is -0.537. The fourth-order valence-corrected chi connectivity index (χ4v) is 2.34. The van der Waals surface area contributed by atoms with E-state index in [0.717, 1.165) is 12.8 Å². The van der Waals surface area contributed by atoms with E-state index in [1.54, 1.807) is 17.9 Å². The largest absolute Gasteiger partial charge is 0.444 e. The predicted octanol–water partition coefficient (Wildman–Crippen LogP) is 2.57. The molecule has 1 N–H and O–H groups in total. The van der Waals surface area contributed by atoms with Crippen LogP contribution in [0.4, 0.5) is 10.6 Å². The third-order valence-electron chi connectivity index (χ3n) is 3.32. The zero-order chi connectivity index (χ0) is 16.3. The first-order valence-corrected chi connectivity index (χ1v) is 7.47. The van der Waals surface area contributed by atoms with Crippen molar-refractivity contribution in [3.63, 3.8) is 0 Å². The van der Waals surface area contributed by atoms with Crippen LogP contribution in [0.5, 0.6) is 0 Å². The lowest BCUT2D eigenvalue weighted by Gasteiger charge is -2.33. The Labute approximate surface area is 130 Å². The van der Waals surface area contributed by atoms with Crippen molar-refractivity contribution in [3.05, 3.63) is 11.8 Å². The van der Waals surface area contributed by atoms with Gasteiger partial charge in [0.05, 0.1) is 5.92 Å². The minimum Gasteiger partial charge on any atom is -0.444 e. The number of aryl methyl sites for hydroxylation is 1. The maximum atomic E-state index is 12.3. The smallest absolute Gasteiger partial charge is 0.410 e. The van der Waals surface area contributed by atoms with Crippen LogP contribution in [0.3, 0.4) is 0 Å².